The van der Waals surface area contributed by atoms with E-state index < -0.39 is 6.04 Å². The Morgan fingerprint density at radius 3 is 2.79 bits per heavy atom. The molecule has 1 saturated heterocycles. The Bertz CT molecular complexity index is 729. The van der Waals surface area contributed by atoms with Gasteiger partial charge in [-0.1, -0.05) is 44.2 Å². The second kappa shape index (κ2) is 7.00. The number of anilines is 1. The topological polar surface area (TPSA) is 74.3 Å². The number of piperazine rings is 1. The van der Waals surface area contributed by atoms with Crippen LogP contribution in [0.15, 0.2) is 36.5 Å². The van der Waals surface area contributed by atoms with Crippen molar-refractivity contribution in [1.29, 1.82) is 0 Å². The summed E-state index contributed by atoms with van der Waals surface area (Å²) in [5.74, 6) is 0.204. The number of hydrogen-bond acceptors (Lipinski definition) is 4. The predicted octanol–water partition coefficient (Wildman–Crippen LogP) is 2.97. The molecule has 1 aliphatic rings. The summed E-state index contributed by atoms with van der Waals surface area (Å²) in [7, 11) is 0. The quantitative estimate of drug-likeness (QED) is 0.899. The molecule has 2 N–H and O–H groups in total. The van der Waals surface area contributed by atoms with Gasteiger partial charge < -0.3 is 10.2 Å². The molecule has 1 fully saturated rings. The molecular weight excluding hydrogens is 324 g/mol. The van der Waals surface area contributed by atoms with Crippen LogP contribution in [0.4, 0.5) is 9.93 Å². The minimum absolute atomic E-state index is 0.162. The number of urea groups is 1. The standard InChI is InChI=1S/C17H20N4O2S/c1-11(2)13-10-19-16(24-13)20-17(23)21-9-8-18-15(22)14(21)12-6-4-3-5-7-12/h3-7,10-11,14H,8-9H2,1-2H3,(H,18,22)(H,19,20,23)/t14-/m1/s1. The normalized spacial score (nSPS) is 17.7. The fourth-order valence-corrected chi connectivity index (χ4v) is 3.44. The first-order valence-corrected chi connectivity index (χ1v) is 8.74. The lowest BCUT2D eigenvalue weighted by molar-refractivity contribution is -0.127. The average Bonchev–Trinajstić information content (AvgIpc) is 3.04. The number of rotatable bonds is 3. The van der Waals surface area contributed by atoms with Crippen LogP contribution in [-0.2, 0) is 4.79 Å². The third-order valence-electron chi connectivity index (χ3n) is 3.89. The Labute approximate surface area is 144 Å². The van der Waals surface area contributed by atoms with E-state index in [1.807, 2.05) is 30.3 Å². The van der Waals surface area contributed by atoms with Crippen LogP contribution >= 0.6 is 11.3 Å². The van der Waals surface area contributed by atoms with Crippen LogP contribution in [-0.4, -0.2) is 34.9 Å². The van der Waals surface area contributed by atoms with Gasteiger partial charge in [-0.05, 0) is 11.5 Å². The van der Waals surface area contributed by atoms with Gasteiger partial charge in [0, 0.05) is 24.2 Å². The number of hydrogen-bond donors (Lipinski definition) is 2. The molecule has 0 saturated carbocycles. The van der Waals surface area contributed by atoms with Crippen LogP contribution in [0, 0.1) is 0 Å². The van der Waals surface area contributed by atoms with E-state index in [4.69, 9.17) is 0 Å². The number of benzene rings is 1. The average molecular weight is 344 g/mol. The van der Waals surface area contributed by atoms with Gasteiger partial charge in [0.05, 0.1) is 0 Å². The van der Waals surface area contributed by atoms with Crippen LogP contribution in [0.2, 0.25) is 0 Å². The van der Waals surface area contributed by atoms with Crippen LogP contribution in [0.1, 0.15) is 36.2 Å². The Hall–Kier alpha value is -2.41. The molecule has 3 amide bonds. The fourth-order valence-electron chi connectivity index (χ4n) is 2.63. The maximum absolute atomic E-state index is 12.7. The van der Waals surface area contributed by atoms with Crippen molar-refractivity contribution in [1.82, 2.24) is 15.2 Å². The summed E-state index contributed by atoms with van der Waals surface area (Å²) in [4.78, 5) is 31.9. The summed E-state index contributed by atoms with van der Waals surface area (Å²) in [6.07, 6.45) is 1.78. The molecule has 3 rings (SSSR count). The van der Waals surface area contributed by atoms with Crippen molar-refractivity contribution in [3.8, 4) is 0 Å². The molecule has 2 heterocycles. The highest BCUT2D eigenvalue weighted by Crippen LogP contribution is 2.27. The SMILES string of the molecule is CC(C)c1cnc(NC(=O)N2CCNC(=O)[C@H]2c2ccccc2)s1. The highest BCUT2D eigenvalue weighted by Gasteiger charge is 2.34. The lowest BCUT2D eigenvalue weighted by Gasteiger charge is -2.34. The van der Waals surface area contributed by atoms with E-state index in [0.717, 1.165) is 10.4 Å². The van der Waals surface area contributed by atoms with Gasteiger partial charge in [0.25, 0.3) is 0 Å². The summed E-state index contributed by atoms with van der Waals surface area (Å²) in [5.41, 5.74) is 0.798. The Morgan fingerprint density at radius 1 is 1.38 bits per heavy atom. The van der Waals surface area contributed by atoms with Crippen molar-refractivity contribution < 1.29 is 9.59 Å². The van der Waals surface area contributed by atoms with Gasteiger partial charge in [0.15, 0.2) is 5.13 Å². The monoisotopic (exact) mass is 344 g/mol. The van der Waals surface area contributed by atoms with Crippen molar-refractivity contribution in [3.05, 3.63) is 47.0 Å². The van der Waals surface area contributed by atoms with E-state index in [0.29, 0.717) is 24.1 Å². The van der Waals surface area contributed by atoms with Gasteiger partial charge in [-0.25, -0.2) is 9.78 Å². The molecule has 0 aliphatic carbocycles. The number of amides is 3. The summed E-state index contributed by atoms with van der Waals surface area (Å²) >= 11 is 1.46. The molecule has 24 heavy (non-hydrogen) atoms. The maximum atomic E-state index is 12.7. The van der Waals surface area contributed by atoms with E-state index in [9.17, 15) is 9.59 Å². The molecule has 2 aromatic rings. The molecule has 1 aromatic heterocycles. The molecule has 1 atom stereocenters. The number of nitrogens with one attached hydrogen (secondary N) is 2. The largest absolute Gasteiger partial charge is 0.352 e. The van der Waals surface area contributed by atoms with Crippen molar-refractivity contribution in [2.24, 2.45) is 0 Å². The van der Waals surface area contributed by atoms with Crippen molar-refractivity contribution in [2.75, 3.05) is 18.4 Å². The molecule has 1 aromatic carbocycles. The van der Waals surface area contributed by atoms with E-state index in [-0.39, 0.29) is 11.9 Å². The zero-order chi connectivity index (χ0) is 17.1. The Kier molecular flexibility index (Phi) is 4.80. The molecule has 0 spiro atoms. The first-order chi connectivity index (χ1) is 11.6. The molecule has 7 heteroatoms. The van der Waals surface area contributed by atoms with Crippen LogP contribution in [0.25, 0.3) is 0 Å². The van der Waals surface area contributed by atoms with E-state index in [2.05, 4.69) is 29.5 Å². The van der Waals surface area contributed by atoms with Crippen LogP contribution in [0.3, 0.4) is 0 Å². The lowest BCUT2D eigenvalue weighted by atomic mass is 10.0. The second-order valence-corrected chi connectivity index (χ2v) is 7.01. The number of aromatic nitrogens is 1. The molecule has 0 bridgehead atoms. The van der Waals surface area contributed by atoms with Gasteiger partial charge in [-0.15, -0.1) is 11.3 Å². The lowest BCUT2D eigenvalue weighted by Crippen LogP contribution is -2.53. The zero-order valence-corrected chi connectivity index (χ0v) is 14.5. The fraction of sp³-hybridized carbons (Fsp3) is 0.353. The van der Waals surface area contributed by atoms with Crippen molar-refractivity contribution >= 4 is 28.4 Å². The zero-order valence-electron chi connectivity index (χ0n) is 13.7. The molecular formula is C17H20N4O2S. The van der Waals surface area contributed by atoms with Crippen LogP contribution in [0.5, 0.6) is 0 Å². The highest BCUT2D eigenvalue weighted by atomic mass is 32.1. The number of nitrogens with zero attached hydrogens (tertiary/aromatic N) is 2. The molecule has 1 aliphatic heterocycles. The first-order valence-electron chi connectivity index (χ1n) is 7.92. The van der Waals surface area contributed by atoms with Gasteiger partial charge in [-0.2, -0.15) is 0 Å². The third kappa shape index (κ3) is 3.41. The number of thiazole rings is 1. The Morgan fingerprint density at radius 2 is 2.12 bits per heavy atom. The van der Waals surface area contributed by atoms with Crippen molar-refractivity contribution in [3.63, 3.8) is 0 Å². The maximum Gasteiger partial charge on any atom is 0.324 e. The van der Waals surface area contributed by atoms with Gasteiger partial charge in [0.2, 0.25) is 5.91 Å². The summed E-state index contributed by atoms with van der Waals surface area (Å²) in [5, 5.41) is 6.20. The summed E-state index contributed by atoms with van der Waals surface area (Å²) < 4.78 is 0. The minimum Gasteiger partial charge on any atom is -0.352 e. The predicted molar refractivity (Wildman–Crippen MR) is 94.1 cm³/mol. The number of carbonyl (C=O) groups is 2. The van der Waals surface area contributed by atoms with E-state index in [1.165, 1.54) is 11.3 Å². The van der Waals surface area contributed by atoms with Gasteiger partial charge in [0.1, 0.15) is 6.04 Å². The molecule has 126 valence electrons. The summed E-state index contributed by atoms with van der Waals surface area (Å²) in [6, 6.07) is 8.41. The minimum atomic E-state index is -0.621. The molecule has 0 unspecified atom stereocenters. The number of carbonyl (C=O) groups excluding carboxylic acids is 2. The van der Waals surface area contributed by atoms with Crippen LogP contribution < -0.4 is 10.6 Å². The van der Waals surface area contributed by atoms with E-state index in [1.54, 1.807) is 11.1 Å². The van der Waals surface area contributed by atoms with Gasteiger partial charge in [-0.3, -0.25) is 10.1 Å². The second-order valence-electron chi connectivity index (χ2n) is 5.95. The smallest absolute Gasteiger partial charge is 0.324 e. The van der Waals surface area contributed by atoms with E-state index >= 15 is 0 Å². The summed E-state index contributed by atoms with van der Waals surface area (Å²) in [6.45, 7) is 5.07. The van der Waals surface area contributed by atoms with Gasteiger partial charge >= 0.3 is 6.03 Å². The first kappa shape index (κ1) is 16.4. The third-order valence-corrected chi connectivity index (χ3v) is 5.11. The molecule has 6 nitrogen and oxygen atoms in total. The Balaban J connectivity index is 1.79. The molecule has 0 radical (unpaired) electrons. The van der Waals surface area contributed by atoms with Crippen molar-refractivity contribution in [2.45, 2.75) is 25.8 Å². The highest BCUT2D eigenvalue weighted by molar-refractivity contribution is 7.15.